The number of amides is 1. The van der Waals surface area contributed by atoms with Crippen molar-refractivity contribution < 1.29 is 23.0 Å². The van der Waals surface area contributed by atoms with Gasteiger partial charge in [-0.1, -0.05) is 0 Å². The molecule has 136 valence electrons. The highest BCUT2D eigenvalue weighted by Crippen LogP contribution is 2.34. The maximum Gasteiger partial charge on any atom is 0.274 e. The van der Waals surface area contributed by atoms with Gasteiger partial charge in [0.1, 0.15) is 17.8 Å². The molecule has 0 aliphatic carbocycles. The summed E-state index contributed by atoms with van der Waals surface area (Å²) in [7, 11) is 0. The Hall–Kier alpha value is -3.75. The maximum absolute atomic E-state index is 13.3. The lowest BCUT2D eigenvalue weighted by Crippen LogP contribution is -2.14. The van der Waals surface area contributed by atoms with Crippen molar-refractivity contribution in [1.82, 2.24) is 9.97 Å². The highest BCUT2D eigenvalue weighted by atomic mass is 19.2. The summed E-state index contributed by atoms with van der Waals surface area (Å²) >= 11 is 0. The van der Waals surface area contributed by atoms with Gasteiger partial charge < -0.3 is 20.1 Å². The van der Waals surface area contributed by atoms with E-state index in [9.17, 15) is 13.6 Å². The molecule has 27 heavy (non-hydrogen) atoms. The Balaban J connectivity index is 1.49. The summed E-state index contributed by atoms with van der Waals surface area (Å²) in [6.45, 7) is 0.137. The number of carbonyl (C=O) groups excluding carboxylic acids is 1. The second kappa shape index (κ2) is 6.87. The zero-order valence-electron chi connectivity index (χ0n) is 13.7. The summed E-state index contributed by atoms with van der Waals surface area (Å²) in [5.74, 6) is -1.01. The zero-order valence-corrected chi connectivity index (χ0v) is 13.7. The van der Waals surface area contributed by atoms with Crippen LogP contribution in [0.25, 0.3) is 0 Å². The van der Waals surface area contributed by atoms with Gasteiger partial charge in [-0.05, 0) is 24.3 Å². The number of halogens is 2. The van der Waals surface area contributed by atoms with Gasteiger partial charge in [-0.3, -0.25) is 4.79 Å². The lowest BCUT2D eigenvalue weighted by Gasteiger charge is -2.08. The van der Waals surface area contributed by atoms with Crippen LogP contribution in [0.4, 0.5) is 26.0 Å². The quantitative estimate of drug-likeness (QED) is 0.731. The molecule has 0 saturated carbocycles. The molecule has 2 N–H and O–H groups in total. The van der Waals surface area contributed by atoms with Crippen LogP contribution >= 0.6 is 0 Å². The largest absolute Gasteiger partial charge is 0.454 e. The summed E-state index contributed by atoms with van der Waals surface area (Å²) in [5.41, 5.74) is 0.889. The smallest absolute Gasteiger partial charge is 0.274 e. The first-order valence-corrected chi connectivity index (χ1v) is 7.83. The van der Waals surface area contributed by atoms with E-state index in [1.807, 2.05) is 0 Å². The molecule has 9 heteroatoms. The van der Waals surface area contributed by atoms with Crippen molar-refractivity contribution >= 4 is 23.1 Å². The van der Waals surface area contributed by atoms with Gasteiger partial charge in [-0.15, -0.1) is 0 Å². The fraction of sp³-hybridized carbons (Fsp3) is 0.0556. The number of benzene rings is 2. The number of rotatable bonds is 4. The minimum Gasteiger partial charge on any atom is -0.454 e. The van der Waals surface area contributed by atoms with E-state index >= 15 is 0 Å². The van der Waals surface area contributed by atoms with Gasteiger partial charge in [-0.25, -0.2) is 18.7 Å². The van der Waals surface area contributed by atoms with Crippen LogP contribution in [0, 0.1) is 11.6 Å². The third-order valence-electron chi connectivity index (χ3n) is 3.72. The second-order valence-corrected chi connectivity index (χ2v) is 5.56. The Morgan fingerprint density at radius 3 is 2.59 bits per heavy atom. The number of anilines is 3. The van der Waals surface area contributed by atoms with Crippen molar-refractivity contribution in [2.24, 2.45) is 0 Å². The zero-order chi connectivity index (χ0) is 18.8. The molecule has 1 aliphatic rings. The fourth-order valence-electron chi connectivity index (χ4n) is 2.44. The van der Waals surface area contributed by atoms with Crippen LogP contribution in [0.3, 0.4) is 0 Å². The van der Waals surface area contributed by atoms with Crippen molar-refractivity contribution in [3.05, 3.63) is 66.1 Å². The third-order valence-corrected chi connectivity index (χ3v) is 3.72. The van der Waals surface area contributed by atoms with Gasteiger partial charge in [0.05, 0.1) is 0 Å². The van der Waals surface area contributed by atoms with Crippen LogP contribution in [-0.4, -0.2) is 22.7 Å². The molecule has 0 bridgehead atoms. The number of nitrogens with one attached hydrogen (secondary N) is 2. The van der Waals surface area contributed by atoms with Crippen LogP contribution < -0.4 is 20.1 Å². The van der Waals surface area contributed by atoms with Gasteiger partial charge in [0.2, 0.25) is 6.79 Å². The van der Waals surface area contributed by atoms with Crippen molar-refractivity contribution in [1.29, 1.82) is 0 Å². The molecule has 0 spiro atoms. The van der Waals surface area contributed by atoms with Gasteiger partial charge in [-0.2, -0.15) is 0 Å². The van der Waals surface area contributed by atoms with E-state index in [1.165, 1.54) is 18.5 Å². The maximum atomic E-state index is 13.3. The van der Waals surface area contributed by atoms with Crippen LogP contribution in [0.15, 0.2) is 48.8 Å². The van der Waals surface area contributed by atoms with E-state index in [1.54, 1.807) is 18.2 Å². The van der Waals surface area contributed by atoms with Crippen LogP contribution in [-0.2, 0) is 0 Å². The lowest BCUT2D eigenvalue weighted by molar-refractivity contribution is 0.102. The monoisotopic (exact) mass is 370 g/mol. The first-order valence-electron chi connectivity index (χ1n) is 7.83. The second-order valence-electron chi connectivity index (χ2n) is 5.56. The highest BCUT2D eigenvalue weighted by Gasteiger charge is 2.15. The lowest BCUT2D eigenvalue weighted by atomic mass is 10.2. The van der Waals surface area contributed by atoms with Gasteiger partial charge in [0.15, 0.2) is 23.1 Å². The highest BCUT2D eigenvalue weighted by molar-refractivity contribution is 6.03. The van der Waals surface area contributed by atoms with E-state index in [2.05, 4.69) is 20.6 Å². The summed E-state index contributed by atoms with van der Waals surface area (Å²) in [4.78, 5) is 20.3. The van der Waals surface area contributed by atoms with E-state index in [0.717, 1.165) is 12.1 Å². The summed E-state index contributed by atoms with van der Waals surface area (Å²) < 4.78 is 36.8. The average Bonchev–Trinajstić information content (AvgIpc) is 3.13. The number of fused-ring (bicyclic) bond motifs is 1. The van der Waals surface area contributed by atoms with Crippen molar-refractivity contribution in [2.45, 2.75) is 0 Å². The normalized spacial score (nSPS) is 11.9. The van der Waals surface area contributed by atoms with Gasteiger partial charge in [0.25, 0.3) is 5.91 Å². The van der Waals surface area contributed by atoms with Crippen LogP contribution in [0.2, 0.25) is 0 Å². The molecule has 3 aromatic rings. The Bertz CT molecular complexity index is 1030. The number of aromatic nitrogens is 2. The molecule has 0 saturated heterocycles. The third kappa shape index (κ3) is 3.61. The molecule has 0 radical (unpaired) electrons. The Labute approximate surface area is 152 Å². The van der Waals surface area contributed by atoms with Gasteiger partial charge >= 0.3 is 0 Å². The van der Waals surface area contributed by atoms with Crippen molar-refractivity contribution in [2.75, 3.05) is 17.4 Å². The molecule has 1 aliphatic heterocycles. The molecule has 7 nitrogen and oxygen atoms in total. The predicted octanol–water partition coefficient (Wildman–Crippen LogP) is 3.48. The minimum absolute atomic E-state index is 0.0905. The number of nitrogens with zero attached hydrogens (tertiary/aromatic N) is 2. The number of hydrogen-bond acceptors (Lipinski definition) is 6. The van der Waals surface area contributed by atoms with Crippen molar-refractivity contribution in [3.8, 4) is 11.5 Å². The molecule has 1 aromatic heterocycles. The molecule has 0 fully saturated rings. The molecule has 1 amide bonds. The SMILES string of the molecule is O=C(Nc1ccc2c(c1)OCO2)c1cc(Nc2ccc(F)c(F)c2)ncn1. The average molecular weight is 370 g/mol. The van der Waals surface area contributed by atoms with E-state index in [0.29, 0.717) is 17.2 Å². The van der Waals surface area contributed by atoms with Crippen molar-refractivity contribution in [3.63, 3.8) is 0 Å². The topological polar surface area (TPSA) is 85.4 Å². The standard InChI is InChI=1S/C18H12F2N4O3/c19-12-3-1-10(5-13(12)20)23-17-7-14(21-8-22-17)18(25)24-11-2-4-15-16(6-11)27-9-26-15/h1-8H,9H2,(H,24,25)(H,21,22,23). The summed E-state index contributed by atoms with van der Waals surface area (Å²) in [6, 6.07) is 9.73. The molecule has 0 atom stereocenters. The molecule has 2 aromatic carbocycles. The first-order chi connectivity index (χ1) is 13.1. The number of hydrogen-bond donors (Lipinski definition) is 2. The van der Waals surface area contributed by atoms with Crippen LogP contribution in [0.5, 0.6) is 11.5 Å². The molecule has 0 unspecified atom stereocenters. The van der Waals surface area contributed by atoms with Gasteiger partial charge in [0, 0.05) is 29.6 Å². The molecule has 2 heterocycles. The number of carbonyl (C=O) groups is 1. The summed E-state index contributed by atoms with van der Waals surface area (Å²) in [5, 5.41) is 5.48. The Morgan fingerprint density at radius 2 is 1.74 bits per heavy atom. The molecule has 4 rings (SSSR count). The van der Waals surface area contributed by atoms with Crippen LogP contribution in [0.1, 0.15) is 10.5 Å². The Kier molecular flexibility index (Phi) is 4.25. The van der Waals surface area contributed by atoms with E-state index in [4.69, 9.17) is 9.47 Å². The summed E-state index contributed by atoms with van der Waals surface area (Å²) in [6.07, 6.45) is 1.19. The number of ether oxygens (including phenoxy) is 2. The first kappa shape index (κ1) is 16.7. The molecular weight excluding hydrogens is 358 g/mol. The fourth-order valence-corrected chi connectivity index (χ4v) is 2.44. The Morgan fingerprint density at radius 1 is 0.926 bits per heavy atom. The van der Waals surface area contributed by atoms with E-state index < -0.39 is 17.5 Å². The molecular formula is C18H12F2N4O3. The predicted molar refractivity (Wildman–Crippen MR) is 92.2 cm³/mol. The minimum atomic E-state index is -0.991. The van der Waals surface area contributed by atoms with E-state index in [-0.39, 0.29) is 24.0 Å².